The van der Waals surface area contributed by atoms with E-state index in [4.69, 9.17) is 72.6 Å². The van der Waals surface area contributed by atoms with E-state index in [-0.39, 0.29) is 12.5 Å². The average molecular weight is 1070 g/mol. The van der Waals surface area contributed by atoms with Crippen LogP contribution in [-0.4, -0.2) is 57.5 Å². The van der Waals surface area contributed by atoms with Crippen LogP contribution in [0, 0.1) is 23.7 Å². The quantitative estimate of drug-likeness (QED) is 0.0458. The lowest BCUT2D eigenvalue weighted by Crippen LogP contribution is -2.33. The van der Waals surface area contributed by atoms with Gasteiger partial charge in [-0.15, -0.1) is 22.7 Å². The molecule has 0 saturated carbocycles. The first-order valence-corrected chi connectivity index (χ1v) is 25.7. The van der Waals surface area contributed by atoms with E-state index in [0.29, 0.717) is 72.7 Å². The summed E-state index contributed by atoms with van der Waals surface area (Å²) in [5.74, 6) is -2.50. The molecule has 0 aliphatic carbocycles. The molecule has 0 spiro atoms. The van der Waals surface area contributed by atoms with Crippen molar-refractivity contribution in [3.8, 4) is 22.5 Å². The molecule has 0 saturated heterocycles. The Balaban J connectivity index is 0.000000262. The number of halogens is 4. The lowest BCUT2D eigenvalue weighted by Gasteiger charge is -2.24. The normalized spacial score (nSPS) is 12.2. The molecule has 6 aromatic rings. The van der Waals surface area contributed by atoms with E-state index in [9.17, 15) is 24.3 Å². The summed E-state index contributed by atoms with van der Waals surface area (Å²) < 4.78 is 5.70. The van der Waals surface area contributed by atoms with Gasteiger partial charge < -0.3 is 31.9 Å². The summed E-state index contributed by atoms with van der Waals surface area (Å²) in [6.45, 7) is 14.7. The van der Waals surface area contributed by atoms with Crippen molar-refractivity contribution in [1.29, 1.82) is 0 Å². The maximum atomic E-state index is 13.1. The van der Waals surface area contributed by atoms with Gasteiger partial charge in [0.2, 0.25) is 11.8 Å². The van der Waals surface area contributed by atoms with Crippen molar-refractivity contribution >= 4 is 103 Å². The van der Waals surface area contributed by atoms with Crippen LogP contribution in [0.3, 0.4) is 0 Å². The van der Waals surface area contributed by atoms with Crippen LogP contribution >= 0.6 is 69.1 Å². The molecule has 0 bridgehead atoms. The Labute approximate surface area is 437 Å². The van der Waals surface area contributed by atoms with Crippen molar-refractivity contribution in [2.45, 2.75) is 79.8 Å². The third kappa shape index (κ3) is 16.7. The van der Waals surface area contributed by atoms with E-state index < -0.39 is 35.2 Å². The van der Waals surface area contributed by atoms with Crippen LogP contribution in [0.2, 0.25) is 20.1 Å². The van der Waals surface area contributed by atoms with Gasteiger partial charge in [0.15, 0.2) is 10.3 Å². The number of nitrogens with two attached hydrogens (primary N) is 2. The number of aromatic nitrogens is 2. The summed E-state index contributed by atoms with van der Waals surface area (Å²) in [6, 6.07) is 24.5. The minimum Gasteiger partial charge on any atom is -0.481 e. The van der Waals surface area contributed by atoms with Crippen LogP contribution in [0.4, 0.5) is 10.3 Å². The molecule has 2 aromatic heterocycles. The second-order valence-corrected chi connectivity index (χ2v) is 22.4. The van der Waals surface area contributed by atoms with Crippen LogP contribution in [-0.2, 0) is 40.0 Å². The van der Waals surface area contributed by atoms with E-state index in [1.54, 1.807) is 65.9 Å². The number of primary amides is 2. The molecule has 2 unspecified atom stereocenters. The van der Waals surface area contributed by atoms with Crippen molar-refractivity contribution in [3.05, 3.63) is 137 Å². The summed E-state index contributed by atoms with van der Waals surface area (Å²) in [4.78, 5) is 59.4. The summed E-state index contributed by atoms with van der Waals surface area (Å²) in [5, 5.41) is 19.6. The standard InChI is InChI=1S/C28H33Cl2N3O3S.C24H25Cl2N3O3S/c1-16(2)12-23-24(19-10-11-21(29)22(30)14-19)33-27(37-23)32-15-20(26(35)36-28(3,4)5)13-17-6-8-18(9-7-17)25(31)34;1-13(2)9-20-21(16-7-8-18(25)19(26)11-16)29-24(33-20)28-12-17(23(31)32)10-14-3-5-15(6-4-14)22(27)30/h6-11,14,16,20H,12-13,15H2,1-5H3,(H2,31,34)(H,32,33);3-8,11,13,17H,9-10,12H2,1-2H3,(H2,27,30)(H,28,29)(H,31,32). The zero-order chi connectivity index (χ0) is 51.4. The number of rotatable bonds is 20. The van der Waals surface area contributed by atoms with Crippen molar-refractivity contribution in [2.75, 3.05) is 23.7 Å². The van der Waals surface area contributed by atoms with E-state index >= 15 is 0 Å². The van der Waals surface area contributed by atoms with Gasteiger partial charge in [-0.05, 0) is 118 Å². The molecule has 4 aromatic carbocycles. The highest BCUT2D eigenvalue weighted by molar-refractivity contribution is 7.16. The number of benzene rings is 4. The molecule has 7 N–H and O–H groups in total. The molecule has 0 fully saturated rings. The van der Waals surface area contributed by atoms with Crippen molar-refractivity contribution in [3.63, 3.8) is 0 Å². The van der Waals surface area contributed by atoms with Gasteiger partial charge in [0, 0.05) is 45.1 Å². The molecule has 2 heterocycles. The Bertz CT molecular complexity index is 2770. The molecule has 18 heteroatoms. The predicted octanol–water partition coefficient (Wildman–Crippen LogP) is 12.8. The van der Waals surface area contributed by atoms with Crippen LogP contribution in [0.15, 0.2) is 84.9 Å². The highest BCUT2D eigenvalue weighted by Crippen LogP contribution is 2.38. The number of nitrogens with one attached hydrogen (secondary N) is 2. The highest BCUT2D eigenvalue weighted by Gasteiger charge is 2.27. The molecule has 372 valence electrons. The fourth-order valence-corrected chi connectivity index (χ4v) is 10.1. The Hall–Kier alpha value is -5.22. The zero-order valence-corrected chi connectivity index (χ0v) is 44.7. The van der Waals surface area contributed by atoms with Crippen LogP contribution in [0.25, 0.3) is 22.5 Å². The molecule has 12 nitrogen and oxygen atoms in total. The van der Waals surface area contributed by atoms with E-state index in [2.05, 4.69) is 38.3 Å². The number of carboxylic acid groups (broad SMARTS) is 1. The van der Waals surface area contributed by atoms with Crippen molar-refractivity contribution < 1.29 is 29.0 Å². The fraction of sp³-hybridized carbons (Fsp3) is 0.346. The fourth-order valence-electron chi connectivity index (χ4n) is 7.08. The number of thiazole rings is 2. The van der Waals surface area contributed by atoms with Gasteiger partial charge >= 0.3 is 11.9 Å². The smallest absolute Gasteiger partial charge is 0.311 e. The lowest BCUT2D eigenvalue weighted by atomic mass is 9.98. The third-order valence-corrected chi connectivity index (χ3v) is 14.0. The molecule has 2 amide bonds. The van der Waals surface area contributed by atoms with Gasteiger partial charge in [-0.3, -0.25) is 19.2 Å². The molecule has 6 rings (SSSR count). The number of hydrogen-bond donors (Lipinski definition) is 5. The van der Waals surface area contributed by atoms with E-state index in [1.165, 1.54) is 11.3 Å². The third-order valence-electron chi connectivity index (χ3n) is 10.5. The number of nitrogens with zero attached hydrogens (tertiary/aromatic N) is 2. The first-order valence-electron chi connectivity index (χ1n) is 22.6. The molecule has 0 aliphatic rings. The summed E-state index contributed by atoms with van der Waals surface area (Å²) >= 11 is 27.7. The van der Waals surface area contributed by atoms with Gasteiger partial charge in [-0.1, -0.05) is 110 Å². The van der Waals surface area contributed by atoms with Crippen LogP contribution in [0.5, 0.6) is 0 Å². The maximum Gasteiger partial charge on any atom is 0.311 e. The Morgan fingerprint density at radius 3 is 1.33 bits per heavy atom. The highest BCUT2D eigenvalue weighted by atomic mass is 35.5. The molecule has 0 aliphatic heterocycles. The van der Waals surface area contributed by atoms with Crippen molar-refractivity contribution in [2.24, 2.45) is 35.1 Å². The van der Waals surface area contributed by atoms with E-state index in [0.717, 1.165) is 56.2 Å². The number of ether oxygens (including phenoxy) is 1. The number of carboxylic acids is 1. The number of carbonyl (C=O) groups excluding carboxylic acids is 3. The molecule has 0 radical (unpaired) electrons. The number of amides is 2. The first-order chi connectivity index (χ1) is 33.0. The second kappa shape index (κ2) is 25.2. The number of carbonyl (C=O) groups is 4. The number of anilines is 2. The van der Waals surface area contributed by atoms with Gasteiger partial charge in [0.05, 0.1) is 43.3 Å². The number of esters is 1. The predicted molar refractivity (Wildman–Crippen MR) is 287 cm³/mol. The van der Waals surface area contributed by atoms with Crippen LogP contribution < -0.4 is 22.1 Å². The topological polar surface area (TPSA) is 200 Å². The van der Waals surface area contributed by atoms with Crippen molar-refractivity contribution in [1.82, 2.24) is 9.97 Å². The van der Waals surface area contributed by atoms with Gasteiger partial charge in [0.25, 0.3) is 0 Å². The first kappa shape index (κ1) is 55.7. The van der Waals surface area contributed by atoms with Gasteiger partial charge in [-0.25, -0.2) is 9.97 Å². The SMILES string of the molecule is CC(C)Cc1sc(NCC(Cc2ccc(C(N)=O)cc2)C(=O)O)nc1-c1ccc(Cl)c(Cl)c1.CC(C)Cc1sc(NCC(Cc2ccc(C(N)=O)cc2)C(=O)OC(C)(C)C)nc1-c1ccc(Cl)c(Cl)c1. The van der Waals surface area contributed by atoms with Crippen LogP contribution in [0.1, 0.15) is 90.1 Å². The number of aliphatic carboxylic acids is 1. The van der Waals surface area contributed by atoms with E-state index in [1.807, 2.05) is 51.1 Å². The molecular weight excluding hydrogens is 1010 g/mol. The minimum absolute atomic E-state index is 0.211. The number of hydrogen-bond acceptors (Lipinski definition) is 11. The monoisotopic (exact) mass is 1070 g/mol. The maximum absolute atomic E-state index is 13.1. The largest absolute Gasteiger partial charge is 0.481 e. The zero-order valence-electron chi connectivity index (χ0n) is 40.0. The van der Waals surface area contributed by atoms with Gasteiger partial charge in [0.1, 0.15) is 5.60 Å². The molecule has 2 atom stereocenters. The Morgan fingerprint density at radius 2 is 0.986 bits per heavy atom. The summed E-state index contributed by atoms with van der Waals surface area (Å²) in [6.07, 6.45) is 2.44. The Morgan fingerprint density at radius 1 is 0.600 bits per heavy atom. The molecule has 70 heavy (non-hydrogen) atoms. The summed E-state index contributed by atoms with van der Waals surface area (Å²) in [5.41, 5.74) is 16.0. The Kier molecular flexibility index (Phi) is 20.1. The second-order valence-electron chi connectivity index (χ2n) is 18.6. The minimum atomic E-state index is -0.912. The van der Waals surface area contributed by atoms with Gasteiger partial charge in [-0.2, -0.15) is 0 Å². The molecular formula is C52H58Cl4N6O6S2. The summed E-state index contributed by atoms with van der Waals surface area (Å²) in [7, 11) is 0. The lowest BCUT2D eigenvalue weighted by molar-refractivity contribution is -0.159. The average Bonchev–Trinajstić information content (AvgIpc) is 3.88.